The van der Waals surface area contributed by atoms with Crippen LogP contribution in [0.25, 0.3) is 0 Å². The summed E-state index contributed by atoms with van der Waals surface area (Å²) < 4.78 is 13.0. The van der Waals surface area contributed by atoms with E-state index in [-0.39, 0.29) is 22.6 Å². The largest absolute Gasteiger partial charge is 0.346 e. The second kappa shape index (κ2) is 7.71. The summed E-state index contributed by atoms with van der Waals surface area (Å²) in [6.07, 6.45) is 3.69. The van der Waals surface area contributed by atoms with Crippen LogP contribution < -0.4 is 0 Å². The summed E-state index contributed by atoms with van der Waals surface area (Å²) in [5.74, 6) is -0.346. The second-order valence-electron chi connectivity index (χ2n) is 9.79. The van der Waals surface area contributed by atoms with Gasteiger partial charge in [-0.15, -0.1) is 0 Å². The highest BCUT2D eigenvalue weighted by molar-refractivity contribution is 5.15. The highest BCUT2D eigenvalue weighted by atomic mass is 16.8. The van der Waals surface area contributed by atoms with Gasteiger partial charge in [0.25, 0.3) is 0 Å². The summed E-state index contributed by atoms with van der Waals surface area (Å²) in [5, 5.41) is 2.30. The molecule has 0 radical (unpaired) electrons. The van der Waals surface area contributed by atoms with Crippen LogP contribution in [0.2, 0.25) is 0 Å². The van der Waals surface area contributed by atoms with E-state index in [9.17, 15) is 0 Å². The van der Waals surface area contributed by atoms with Crippen molar-refractivity contribution in [2.75, 3.05) is 13.2 Å². The Morgan fingerprint density at radius 3 is 2.29 bits per heavy atom. The molecule has 1 spiro atoms. The van der Waals surface area contributed by atoms with E-state index in [0.29, 0.717) is 13.2 Å². The molecule has 2 aliphatic heterocycles. The smallest absolute Gasteiger partial charge is 0.175 e. The minimum absolute atomic E-state index is 0.144. The van der Waals surface area contributed by atoms with Crippen LogP contribution >= 0.6 is 0 Å². The predicted molar refractivity (Wildman–Crippen MR) is 113 cm³/mol. The first-order valence-electron chi connectivity index (χ1n) is 10.9. The van der Waals surface area contributed by atoms with Gasteiger partial charge in [0.1, 0.15) is 0 Å². The number of hydroxylamine groups is 2. The number of hydrogen-bond donors (Lipinski definition) is 0. The maximum atomic E-state index is 6.60. The summed E-state index contributed by atoms with van der Waals surface area (Å²) in [4.78, 5) is 6.55. The fourth-order valence-electron chi connectivity index (χ4n) is 5.07. The lowest BCUT2D eigenvalue weighted by atomic mass is 9.67. The summed E-state index contributed by atoms with van der Waals surface area (Å²) in [7, 11) is 0. The van der Waals surface area contributed by atoms with Crippen molar-refractivity contribution in [2.24, 2.45) is 5.92 Å². The quantitative estimate of drug-likeness (QED) is 0.655. The molecule has 2 fully saturated rings. The van der Waals surface area contributed by atoms with Crippen LogP contribution in [0.5, 0.6) is 0 Å². The van der Waals surface area contributed by atoms with Gasteiger partial charge < -0.3 is 9.47 Å². The lowest BCUT2D eigenvalue weighted by molar-refractivity contribution is -0.370. The molecule has 4 unspecified atom stereocenters. The van der Waals surface area contributed by atoms with Crippen molar-refractivity contribution < 1.29 is 14.3 Å². The van der Waals surface area contributed by atoms with Crippen molar-refractivity contribution in [2.45, 2.75) is 96.6 Å². The number of benzene rings is 1. The van der Waals surface area contributed by atoms with E-state index < -0.39 is 5.79 Å². The summed E-state index contributed by atoms with van der Waals surface area (Å²) in [6, 6.07) is 10.6. The van der Waals surface area contributed by atoms with Crippen LogP contribution in [-0.4, -0.2) is 40.7 Å². The van der Waals surface area contributed by atoms with Gasteiger partial charge in [0, 0.05) is 17.9 Å². The molecule has 4 nitrogen and oxygen atoms in total. The molecule has 1 aromatic carbocycles. The van der Waals surface area contributed by atoms with Crippen molar-refractivity contribution in [3.8, 4) is 0 Å². The van der Waals surface area contributed by atoms with Gasteiger partial charge in [-0.1, -0.05) is 51.1 Å². The SMILES string of the molecule is CCC1(C)CC2(OCC(C)(C)O2)C(C)C(C)(CC)N1OCCc1ccccc1. The van der Waals surface area contributed by atoms with Crippen LogP contribution in [0.4, 0.5) is 0 Å². The topological polar surface area (TPSA) is 30.9 Å². The first kappa shape index (κ1) is 21.8. The molecule has 4 heteroatoms. The van der Waals surface area contributed by atoms with Gasteiger partial charge in [-0.05, 0) is 52.5 Å². The zero-order valence-corrected chi connectivity index (χ0v) is 18.9. The zero-order valence-electron chi connectivity index (χ0n) is 18.9. The third-order valence-corrected chi connectivity index (χ3v) is 7.22. The molecule has 0 N–H and O–H groups in total. The average molecular weight is 390 g/mol. The van der Waals surface area contributed by atoms with E-state index in [0.717, 1.165) is 25.7 Å². The molecule has 4 atom stereocenters. The van der Waals surface area contributed by atoms with Crippen LogP contribution in [0, 0.1) is 5.92 Å². The predicted octanol–water partition coefficient (Wildman–Crippen LogP) is 5.36. The molecule has 0 amide bonds. The molecule has 0 aliphatic carbocycles. The van der Waals surface area contributed by atoms with Crippen molar-refractivity contribution >= 4 is 0 Å². The Bertz CT molecular complexity index is 663. The highest BCUT2D eigenvalue weighted by Gasteiger charge is 2.64. The molecule has 28 heavy (non-hydrogen) atoms. The zero-order chi connectivity index (χ0) is 20.6. The molecule has 2 aliphatic rings. The van der Waals surface area contributed by atoms with Crippen molar-refractivity contribution in [1.82, 2.24) is 5.06 Å². The minimum Gasteiger partial charge on any atom is -0.346 e. The standard InChI is InChI=1S/C24H39NO3/c1-8-22(6)17-24(26-18-21(4,5)28-24)19(3)23(7,9-2)25(22)27-16-15-20-13-11-10-12-14-20/h10-14,19H,8-9,15-18H2,1-7H3. The van der Waals surface area contributed by atoms with Gasteiger partial charge >= 0.3 is 0 Å². The molecule has 0 saturated carbocycles. The summed E-state index contributed by atoms with van der Waals surface area (Å²) >= 11 is 0. The third-order valence-electron chi connectivity index (χ3n) is 7.22. The Hall–Kier alpha value is -0.940. The molecule has 2 saturated heterocycles. The van der Waals surface area contributed by atoms with Gasteiger partial charge in [0.05, 0.1) is 24.4 Å². The molecule has 1 aromatic rings. The van der Waals surface area contributed by atoms with E-state index in [1.54, 1.807) is 0 Å². The van der Waals surface area contributed by atoms with Gasteiger partial charge in [0.2, 0.25) is 0 Å². The van der Waals surface area contributed by atoms with Crippen molar-refractivity contribution in [3.05, 3.63) is 35.9 Å². The number of piperidine rings is 1. The number of ether oxygens (including phenoxy) is 2. The molecule has 158 valence electrons. The summed E-state index contributed by atoms with van der Waals surface area (Å²) in [6.45, 7) is 17.0. The van der Waals surface area contributed by atoms with E-state index in [4.69, 9.17) is 14.3 Å². The van der Waals surface area contributed by atoms with Crippen LogP contribution in [0.1, 0.15) is 73.3 Å². The maximum Gasteiger partial charge on any atom is 0.175 e. The van der Waals surface area contributed by atoms with Crippen LogP contribution in [-0.2, 0) is 20.7 Å². The number of rotatable bonds is 6. The normalized spacial score (nSPS) is 38.2. The number of hydrogen-bond acceptors (Lipinski definition) is 4. The summed E-state index contributed by atoms with van der Waals surface area (Å²) in [5.41, 5.74) is 0.757. The average Bonchev–Trinajstić information content (AvgIpc) is 2.99. The molecule has 0 bridgehead atoms. The second-order valence-corrected chi connectivity index (χ2v) is 9.79. The van der Waals surface area contributed by atoms with E-state index >= 15 is 0 Å². The number of nitrogens with zero attached hydrogens (tertiary/aromatic N) is 1. The van der Waals surface area contributed by atoms with Gasteiger partial charge in [0.15, 0.2) is 5.79 Å². The fourth-order valence-corrected chi connectivity index (χ4v) is 5.07. The van der Waals surface area contributed by atoms with E-state index in [1.165, 1.54) is 5.56 Å². The van der Waals surface area contributed by atoms with Crippen LogP contribution in [0.15, 0.2) is 30.3 Å². The Balaban J connectivity index is 1.84. The fraction of sp³-hybridized carbons (Fsp3) is 0.750. The first-order valence-corrected chi connectivity index (χ1v) is 10.9. The van der Waals surface area contributed by atoms with Crippen molar-refractivity contribution in [1.29, 1.82) is 0 Å². The molecular formula is C24H39NO3. The Kier molecular flexibility index (Phi) is 6.00. The molecule has 0 aromatic heterocycles. The lowest BCUT2D eigenvalue weighted by Crippen LogP contribution is -2.71. The first-order chi connectivity index (χ1) is 13.1. The van der Waals surface area contributed by atoms with E-state index in [2.05, 4.69) is 83.9 Å². The molecule has 2 heterocycles. The monoisotopic (exact) mass is 389 g/mol. The highest BCUT2D eigenvalue weighted by Crippen LogP contribution is 2.55. The third kappa shape index (κ3) is 3.77. The Morgan fingerprint density at radius 2 is 1.75 bits per heavy atom. The van der Waals surface area contributed by atoms with Crippen molar-refractivity contribution in [3.63, 3.8) is 0 Å². The lowest BCUT2D eigenvalue weighted by Gasteiger charge is -2.61. The molecule has 3 rings (SSSR count). The van der Waals surface area contributed by atoms with Crippen LogP contribution in [0.3, 0.4) is 0 Å². The van der Waals surface area contributed by atoms with Gasteiger partial charge in [-0.3, -0.25) is 4.84 Å². The Morgan fingerprint density at radius 1 is 1.07 bits per heavy atom. The maximum absolute atomic E-state index is 6.60. The molecular weight excluding hydrogens is 350 g/mol. The minimum atomic E-state index is -0.543. The Labute approximate surface area is 171 Å². The van der Waals surface area contributed by atoms with E-state index in [1.807, 2.05) is 0 Å². The van der Waals surface area contributed by atoms with Gasteiger partial charge in [-0.25, -0.2) is 0 Å². The van der Waals surface area contributed by atoms with Gasteiger partial charge in [-0.2, -0.15) is 5.06 Å².